The van der Waals surface area contributed by atoms with Crippen molar-refractivity contribution in [2.24, 2.45) is 0 Å². The Morgan fingerprint density at radius 1 is 0.923 bits per heavy atom. The molecule has 6 rings (SSSR count). The summed E-state index contributed by atoms with van der Waals surface area (Å²) in [5.74, 6) is -2.60. The van der Waals surface area contributed by atoms with E-state index in [9.17, 15) is 26.7 Å². The van der Waals surface area contributed by atoms with Crippen LogP contribution in [0.3, 0.4) is 0 Å². The molecule has 0 radical (unpaired) electrons. The number of aromatic nitrogens is 8. The van der Waals surface area contributed by atoms with Gasteiger partial charge in [0.25, 0.3) is 0 Å². The summed E-state index contributed by atoms with van der Waals surface area (Å²) in [6.45, 7) is 2.08. The van der Waals surface area contributed by atoms with Gasteiger partial charge in [-0.25, -0.2) is 22.9 Å². The first-order chi connectivity index (χ1) is 24.5. The highest BCUT2D eigenvalue weighted by molar-refractivity contribution is 6.31. The van der Waals surface area contributed by atoms with Crippen LogP contribution in [0.1, 0.15) is 60.8 Å². The molecule has 0 spiro atoms. The molecule has 0 saturated heterocycles. The second-order valence-corrected chi connectivity index (χ2v) is 12.9. The first-order valence-corrected chi connectivity index (χ1v) is 15.7. The van der Waals surface area contributed by atoms with Crippen LogP contribution in [-0.2, 0) is 17.3 Å². The molecule has 1 unspecified atom stereocenters. The van der Waals surface area contributed by atoms with Gasteiger partial charge >= 0.3 is 18.7 Å². The minimum atomic E-state index is -4.79. The summed E-state index contributed by atoms with van der Waals surface area (Å²) < 4.78 is 105. The Balaban J connectivity index is 1.36. The summed E-state index contributed by atoms with van der Waals surface area (Å²) in [5, 5.41) is 14.7. The summed E-state index contributed by atoms with van der Waals surface area (Å²) in [7, 11) is 0. The van der Waals surface area contributed by atoms with E-state index < -0.39 is 47.7 Å². The maximum atomic E-state index is 15.5. The van der Waals surface area contributed by atoms with Gasteiger partial charge in [-0.05, 0) is 62.7 Å². The SMILES string of the molecule is CC(C)(C)OC(=O)c1ccc(-c2cnn(C(Cc3ccn(C(F)F)n3)c3ccc(-c4c(-n5cc(C(F)(F)F)nn5)ccc(Cl)c4F)cn3)c2)cc1F. The van der Waals surface area contributed by atoms with Gasteiger partial charge in [0.15, 0.2) is 11.5 Å². The molecule has 18 heteroatoms. The van der Waals surface area contributed by atoms with E-state index in [2.05, 4.69) is 25.5 Å². The maximum absolute atomic E-state index is 15.5. The quantitative estimate of drug-likeness (QED) is 0.108. The van der Waals surface area contributed by atoms with E-state index in [0.717, 1.165) is 23.0 Å². The Morgan fingerprint density at radius 3 is 2.29 bits per heavy atom. The lowest BCUT2D eigenvalue weighted by molar-refractivity contribution is -0.141. The van der Waals surface area contributed by atoms with E-state index in [4.69, 9.17) is 16.3 Å². The van der Waals surface area contributed by atoms with E-state index in [1.54, 1.807) is 27.0 Å². The lowest BCUT2D eigenvalue weighted by atomic mass is 10.0. The minimum Gasteiger partial charge on any atom is -0.456 e. The predicted octanol–water partition coefficient (Wildman–Crippen LogP) is 8.52. The monoisotopic (exact) mass is 746 g/mol. The highest BCUT2D eigenvalue weighted by Crippen LogP contribution is 2.36. The van der Waals surface area contributed by atoms with E-state index in [-0.39, 0.29) is 39.5 Å². The third kappa shape index (κ3) is 7.68. The van der Waals surface area contributed by atoms with E-state index in [1.165, 1.54) is 53.5 Å². The number of carbonyl (C=O) groups is 1. The van der Waals surface area contributed by atoms with Crippen LogP contribution in [0, 0.1) is 11.6 Å². The van der Waals surface area contributed by atoms with Gasteiger partial charge < -0.3 is 4.74 Å². The Kier molecular flexibility index (Phi) is 9.65. The number of halogens is 8. The van der Waals surface area contributed by atoms with Crippen LogP contribution in [0.15, 0.2) is 79.5 Å². The second-order valence-electron chi connectivity index (χ2n) is 12.5. The molecular formula is C34H26ClF7N8O2. The number of benzene rings is 2. The molecule has 0 amide bonds. The summed E-state index contributed by atoms with van der Waals surface area (Å²) in [5.41, 5.74) is -1.23. The van der Waals surface area contributed by atoms with Crippen molar-refractivity contribution >= 4 is 17.6 Å². The zero-order valence-electron chi connectivity index (χ0n) is 27.3. The topological polar surface area (TPSA) is 106 Å². The third-order valence-corrected chi connectivity index (χ3v) is 7.92. The molecule has 0 aliphatic heterocycles. The van der Waals surface area contributed by atoms with Crippen molar-refractivity contribution in [3.05, 3.63) is 119 Å². The first-order valence-electron chi connectivity index (χ1n) is 15.3. The Morgan fingerprint density at radius 2 is 1.67 bits per heavy atom. The van der Waals surface area contributed by atoms with Gasteiger partial charge in [0, 0.05) is 41.7 Å². The molecule has 2 aromatic carbocycles. The zero-order chi connectivity index (χ0) is 37.5. The lowest BCUT2D eigenvalue weighted by Crippen LogP contribution is -2.24. The normalized spacial score (nSPS) is 12.8. The Hall–Kier alpha value is -5.58. The van der Waals surface area contributed by atoms with Crippen LogP contribution < -0.4 is 0 Å². The van der Waals surface area contributed by atoms with Crippen LogP contribution in [0.25, 0.3) is 27.9 Å². The number of hydrogen-bond donors (Lipinski definition) is 0. The highest BCUT2D eigenvalue weighted by atomic mass is 35.5. The van der Waals surface area contributed by atoms with Crippen molar-refractivity contribution in [3.8, 4) is 27.9 Å². The van der Waals surface area contributed by atoms with Crippen molar-refractivity contribution in [2.75, 3.05) is 0 Å². The number of alkyl halides is 5. The first kappa shape index (κ1) is 36.2. The Bertz CT molecular complexity index is 2240. The smallest absolute Gasteiger partial charge is 0.436 e. The fourth-order valence-electron chi connectivity index (χ4n) is 5.25. The largest absolute Gasteiger partial charge is 0.456 e. The zero-order valence-corrected chi connectivity index (χ0v) is 28.0. The Labute approximate surface area is 295 Å². The molecule has 0 saturated carbocycles. The molecule has 4 heterocycles. The number of pyridine rings is 1. The predicted molar refractivity (Wildman–Crippen MR) is 173 cm³/mol. The van der Waals surface area contributed by atoms with Crippen LogP contribution in [0.4, 0.5) is 30.7 Å². The van der Waals surface area contributed by atoms with Crippen LogP contribution in [0.2, 0.25) is 5.02 Å². The highest BCUT2D eigenvalue weighted by Gasteiger charge is 2.35. The van der Waals surface area contributed by atoms with Gasteiger partial charge in [0.2, 0.25) is 0 Å². The van der Waals surface area contributed by atoms with Gasteiger partial charge in [0.1, 0.15) is 11.4 Å². The fraction of sp³-hybridized carbons (Fsp3) is 0.235. The van der Waals surface area contributed by atoms with Crippen molar-refractivity contribution in [1.82, 2.24) is 39.5 Å². The molecule has 0 fully saturated rings. The molecule has 0 aliphatic carbocycles. The molecule has 10 nitrogen and oxygen atoms in total. The molecule has 4 aromatic heterocycles. The molecule has 0 N–H and O–H groups in total. The van der Waals surface area contributed by atoms with E-state index in [1.807, 2.05) is 0 Å². The molecule has 6 aromatic rings. The summed E-state index contributed by atoms with van der Waals surface area (Å²) in [6.07, 6.45) is 1.16. The summed E-state index contributed by atoms with van der Waals surface area (Å²) in [4.78, 5) is 16.9. The molecule has 270 valence electrons. The minimum absolute atomic E-state index is 0.00488. The number of nitrogens with zero attached hydrogens (tertiary/aromatic N) is 8. The lowest BCUT2D eigenvalue weighted by Gasteiger charge is -2.19. The standard InChI is InChI=1S/C34H26ClF7N8O2/c1-33(2,3)52-31(51)22-6-4-18(12-24(22)36)20-15-44-49(16-20)27(13-21-10-11-48(46-21)32(38)39)25-8-5-19(14-43-25)29-26(9-7-23(35)30(29)37)50-17-28(45-47-50)34(40,41)42/h4-12,14-17,27,32H,13H2,1-3H3. The van der Waals surface area contributed by atoms with Gasteiger partial charge in [-0.15, -0.1) is 5.10 Å². The molecule has 1 atom stereocenters. The number of esters is 1. The average molecular weight is 747 g/mol. The van der Waals surface area contributed by atoms with Crippen molar-refractivity contribution in [2.45, 2.75) is 51.6 Å². The number of hydrogen-bond acceptors (Lipinski definition) is 7. The number of rotatable bonds is 9. The number of carbonyl (C=O) groups excluding carboxylic acids is 1. The number of ether oxygens (including phenoxy) is 1. The summed E-state index contributed by atoms with van der Waals surface area (Å²) >= 11 is 6.05. The van der Waals surface area contributed by atoms with Crippen molar-refractivity contribution in [3.63, 3.8) is 0 Å². The van der Waals surface area contributed by atoms with Gasteiger partial charge in [-0.3, -0.25) is 9.67 Å². The molecule has 52 heavy (non-hydrogen) atoms. The van der Waals surface area contributed by atoms with Gasteiger partial charge in [0.05, 0.1) is 46.1 Å². The molecule has 0 bridgehead atoms. The fourth-order valence-corrected chi connectivity index (χ4v) is 5.40. The molecular weight excluding hydrogens is 721 g/mol. The third-order valence-electron chi connectivity index (χ3n) is 7.63. The molecule has 0 aliphatic rings. The maximum Gasteiger partial charge on any atom is 0.436 e. The van der Waals surface area contributed by atoms with E-state index in [0.29, 0.717) is 27.7 Å². The van der Waals surface area contributed by atoms with Crippen LogP contribution >= 0.6 is 11.6 Å². The van der Waals surface area contributed by atoms with Crippen molar-refractivity contribution in [1.29, 1.82) is 0 Å². The van der Waals surface area contributed by atoms with Gasteiger partial charge in [-0.1, -0.05) is 28.9 Å². The average Bonchev–Trinajstić information content (AvgIpc) is 3.86. The van der Waals surface area contributed by atoms with E-state index >= 15 is 8.78 Å². The van der Waals surface area contributed by atoms with Crippen molar-refractivity contribution < 1.29 is 40.3 Å². The van der Waals surface area contributed by atoms with Crippen LogP contribution in [-0.4, -0.2) is 51.1 Å². The second kappa shape index (κ2) is 13.9. The summed E-state index contributed by atoms with van der Waals surface area (Å²) in [6, 6.07) is 9.92. The van der Waals surface area contributed by atoms with Gasteiger partial charge in [-0.2, -0.15) is 32.1 Å². The van der Waals surface area contributed by atoms with Crippen LogP contribution in [0.5, 0.6) is 0 Å².